The molecule has 0 aliphatic heterocycles. The summed E-state index contributed by atoms with van der Waals surface area (Å²) in [5.74, 6) is -0.948. The molecular formula is C17H24N2O4S. The average Bonchev–Trinajstić information content (AvgIpc) is 2.50. The van der Waals surface area contributed by atoms with Crippen molar-refractivity contribution < 1.29 is 19.5 Å². The first kappa shape index (κ1) is 20.0. The van der Waals surface area contributed by atoms with E-state index in [9.17, 15) is 14.4 Å². The van der Waals surface area contributed by atoms with Crippen LogP contribution < -0.4 is 10.6 Å². The smallest absolute Gasteiger partial charge is 0.305 e. The van der Waals surface area contributed by atoms with E-state index < -0.39 is 18.1 Å². The fourth-order valence-electron chi connectivity index (χ4n) is 2.19. The number of benzene rings is 1. The number of aliphatic carboxylic acids is 1. The Labute approximate surface area is 146 Å². The number of amides is 2. The van der Waals surface area contributed by atoms with Crippen LogP contribution in [-0.4, -0.2) is 47.0 Å². The Morgan fingerprint density at radius 3 is 2.54 bits per heavy atom. The number of hydrogen-bond acceptors (Lipinski definition) is 4. The van der Waals surface area contributed by atoms with Gasteiger partial charge in [0.15, 0.2) is 0 Å². The number of aryl methyl sites for hydroxylation is 1. The van der Waals surface area contributed by atoms with Crippen LogP contribution in [-0.2, 0) is 9.59 Å². The predicted molar refractivity (Wildman–Crippen MR) is 95.3 cm³/mol. The van der Waals surface area contributed by atoms with Crippen molar-refractivity contribution in [3.63, 3.8) is 0 Å². The van der Waals surface area contributed by atoms with Crippen LogP contribution in [0.2, 0.25) is 0 Å². The van der Waals surface area contributed by atoms with Gasteiger partial charge in [-0.25, -0.2) is 0 Å². The van der Waals surface area contributed by atoms with Crippen LogP contribution >= 0.6 is 11.8 Å². The van der Waals surface area contributed by atoms with E-state index in [-0.39, 0.29) is 18.2 Å². The second-order valence-electron chi connectivity index (χ2n) is 5.68. The lowest BCUT2D eigenvalue weighted by molar-refractivity contribution is -0.137. The molecule has 0 fully saturated rings. The zero-order valence-corrected chi connectivity index (χ0v) is 15.0. The highest BCUT2D eigenvalue weighted by molar-refractivity contribution is 7.98. The monoisotopic (exact) mass is 352 g/mol. The molecule has 0 aliphatic rings. The summed E-state index contributed by atoms with van der Waals surface area (Å²) in [7, 11) is 0. The maximum Gasteiger partial charge on any atom is 0.305 e. The lowest BCUT2D eigenvalue weighted by Gasteiger charge is -2.20. The van der Waals surface area contributed by atoms with Crippen LogP contribution in [0.15, 0.2) is 24.3 Å². The molecule has 0 saturated carbocycles. The van der Waals surface area contributed by atoms with Gasteiger partial charge in [0.25, 0.3) is 5.91 Å². The molecule has 3 N–H and O–H groups in total. The number of carbonyl (C=O) groups is 3. The third-order valence-electron chi connectivity index (χ3n) is 3.38. The molecule has 7 heteroatoms. The Morgan fingerprint density at radius 2 is 1.96 bits per heavy atom. The van der Waals surface area contributed by atoms with Crippen molar-refractivity contribution in [3.05, 3.63) is 35.4 Å². The van der Waals surface area contributed by atoms with E-state index in [1.807, 2.05) is 19.2 Å². The van der Waals surface area contributed by atoms with Gasteiger partial charge in [-0.05, 0) is 44.4 Å². The van der Waals surface area contributed by atoms with Crippen molar-refractivity contribution in [2.24, 2.45) is 0 Å². The van der Waals surface area contributed by atoms with E-state index in [1.165, 1.54) is 0 Å². The normalized spacial score (nSPS) is 13.0. The second-order valence-corrected chi connectivity index (χ2v) is 6.67. The van der Waals surface area contributed by atoms with Gasteiger partial charge in [-0.3, -0.25) is 14.4 Å². The SMILES string of the molecule is CSCCC(NC(=O)c1cccc(C)c1)C(=O)NC(C)CC(=O)O. The summed E-state index contributed by atoms with van der Waals surface area (Å²) in [5, 5.41) is 14.2. The zero-order chi connectivity index (χ0) is 18.1. The molecule has 6 nitrogen and oxygen atoms in total. The maximum atomic E-state index is 12.3. The van der Waals surface area contributed by atoms with Crippen LogP contribution in [0, 0.1) is 6.92 Å². The summed E-state index contributed by atoms with van der Waals surface area (Å²) in [6, 6.07) is 5.94. The number of carboxylic acids is 1. The molecular weight excluding hydrogens is 328 g/mol. The summed E-state index contributed by atoms with van der Waals surface area (Å²) in [5.41, 5.74) is 1.46. The predicted octanol–water partition coefficient (Wildman–Crippen LogP) is 1.83. The minimum atomic E-state index is -0.979. The van der Waals surface area contributed by atoms with Gasteiger partial charge in [-0.2, -0.15) is 11.8 Å². The molecule has 0 aromatic heterocycles. The van der Waals surface area contributed by atoms with Crippen LogP contribution in [0.3, 0.4) is 0 Å². The summed E-state index contributed by atoms with van der Waals surface area (Å²) in [6.45, 7) is 3.52. The van der Waals surface area contributed by atoms with Crippen LogP contribution in [0.25, 0.3) is 0 Å². The molecule has 2 unspecified atom stereocenters. The highest BCUT2D eigenvalue weighted by Gasteiger charge is 2.23. The van der Waals surface area contributed by atoms with Gasteiger partial charge in [0.1, 0.15) is 6.04 Å². The van der Waals surface area contributed by atoms with Crippen molar-refractivity contribution in [1.82, 2.24) is 10.6 Å². The summed E-state index contributed by atoms with van der Waals surface area (Å²) >= 11 is 1.58. The van der Waals surface area contributed by atoms with Crippen LogP contribution in [0.5, 0.6) is 0 Å². The Morgan fingerprint density at radius 1 is 1.25 bits per heavy atom. The van der Waals surface area contributed by atoms with Gasteiger partial charge in [0.2, 0.25) is 5.91 Å². The van der Waals surface area contributed by atoms with Gasteiger partial charge in [0.05, 0.1) is 6.42 Å². The standard InChI is InChI=1S/C17H24N2O4S/c1-11-5-4-6-13(9-11)16(22)19-14(7-8-24-3)17(23)18-12(2)10-15(20)21/h4-6,9,12,14H,7-8,10H2,1-3H3,(H,18,23)(H,19,22)(H,20,21). The number of carboxylic acid groups (broad SMARTS) is 1. The Balaban J connectivity index is 2.75. The highest BCUT2D eigenvalue weighted by atomic mass is 32.2. The number of thioether (sulfide) groups is 1. The van der Waals surface area contributed by atoms with E-state index in [0.29, 0.717) is 17.7 Å². The summed E-state index contributed by atoms with van der Waals surface area (Å²) in [6.07, 6.45) is 2.24. The molecule has 132 valence electrons. The zero-order valence-electron chi connectivity index (χ0n) is 14.2. The molecule has 0 aliphatic carbocycles. The number of nitrogens with one attached hydrogen (secondary N) is 2. The molecule has 0 saturated heterocycles. The number of rotatable bonds is 9. The fraction of sp³-hybridized carbons (Fsp3) is 0.471. The Bertz CT molecular complexity index is 592. The molecule has 0 radical (unpaired) electrons. The first-order valence-electron chi connectivity index (χ1n) is 7.72. The lowest BCUT2D eigenvalue weighted by atomic mass is 10.1. The van der Waals surface area contributed by atoms with Crippen molar-refractivity contribution in [1.29, 1.82) is 0 Å². The molecule has 2 atom stereocenters. The van der Waals surface area contributed by atoms with Gasteiger partial charge in [0, 0.05) is 11.6 Å². The van der Waals surface area contributed by atoms with Crippen molar-refractivity contribution >= 4 is 29.5 Å². The minimum Gasteiger partial charge on any atom is -0.481 e. The summed E-state index contributed by atoms with van der Waals surface area (Å²) < 4.78 is 0. The number of carbonyl (C=O) groups excluding carboxylic acids is 2. The molecule has 1 aromatic rings. The van der Waals surface area contributed by atoms with E-state index in [4.69, 9.17) is 5.11 Å². The van der Waals surface area contributed by atoms with Crippen LogP contribution in [0.4, 0.5) is 0 Å². The Kier molecular flexibility index (Phi) is 8.32. The third kappa shape index (κ3) is 7.04. The molecule has 0 spiro atoms. The first-order valence-corrected chi connectivity index (χ1v) is 9.11. The van der Waals surface area contributed by atoms with Gasteiger partial charge in [-0.1, -0.05) is 17.7 Å². The number of hydrogen-bond donors (Lipinski definition) is 3. The maximum absolute atomic E-state index is 12.3. The molecule has 0 bridgehead atoms. The Hall–Kier alpha value is -2.02. The van der Waals surface area contributed by atoms with E-state index >= 15 is 0 Å². The van der Waals surface area contributed by atoms with E-state index in [0.717, 1.165) is 5.56 Å². The van der Waals surface area contributed by atoms with E-state index in [2.05, 4.69) is 10.6 Å². The average molecular weight is 352 g/mol. The first-order chi connectivity index (χ1) is 11.3. The third-order valence-corrected chi connectivity index (χ3v) is 4.03. The lowest BCUT2D eigenvalue weighted by Crippen LogP contribution is -2.49. The van der Waals surface area contributed by atoms with Gasteiger partial charge >= 0.3 is 5.97 Å². The van der Waals surface area contributed by atoms with Crippen molar-refractivity contribution in [3.8, 4) is 0 Å². The van der Waals surface area contributed by atoms with Gasteiger partial charge in [-0.15, -0.1) is 0 Å². The summed E-state index contributed by atoms with van der Waals surface area (Å²) in [4.78, 5) is 35.4. The van der Waals surface area contributed by atoms with E-state index in [1.54, 1.807) is 36.9 Å². The molecule has 1 aromatic carbocycles. The minimum absolute atomic E-state index is 0.160. The second kappa shape index (κ2) is 9.97. The molecule has 24 heavy (non-hydrogen) atoms. The fourth-order valence-corrected chi connectivity index (χ4v) is 2.66. The van der Waals surface area contributed by atoms with Crippen molar-refractivity contribution in [2.45, 2.75) is 38.8 Å². The molecule has 2 amide bonds. The largest absolute Gasteiger partial charge is 0.481 e. The van der Waals surface area contributed by atoms with Gasteiger partial charge < -0.3 is 15.7 Å². The quantitative estimate of drug-likeness (QED) is 0.630. The molecule has 1 rings (SSSR count). The van der Waals surface area contributed by atoms with Crippen molar-refractivity contribution in [2.75, 3.05) is 12.0 Å². The van der Waals surface area contributed by atoms with Crippen LogP contribution in [0.1, 0.15) is 35.7 Å². The molecule has 0 heterocycles. The topological polar surface area (TPSA) is 95.5 Å². The highest BCUT2D eigenvalue weighted by Crippen LogP contribution is 2.07.